The van der Waals surface area contributed by atoms with Gasteiger partial charge in [-0.05, 0) is 50.5 Å². The number of aromatic nitrogens is 5. The maximum absolute atomic E-state index is 11.1. The normalized spacial score (nSPS) is 24.3. The van der Waals surface area contributed by atoms with Crippen molar-refractivity contribution in [2.24, 2.45) is 0 Å². The van der Waals surface area contributed by atoms with E-state index in [2.05, 4.69) is 25.5 Å². The van der Waals surface area contributed by atoms with Gasteiger partial charge in [0.2, 0.25) is 0 Å². The van der Waals surface area contributed by atoms with Crippen molar-refractivity contribution >= 4 is 6.09 Å². The van der Waals surface area contributed by atoms with Crippen LogP contribution in [0.15, 0.2) is 42.7 Å². The second kappa shape index (κ2) is 6.26. The zero-order valence-electron chi connectivity index (χ0n) is 15.9. The molecule has 2 bridgehead atoms. The molecule has 3 heterocycles. The van der Waals surface area contributed by atoms with Crippen molar-refractivity contribution < 1.29 is 14.6 Å². The number of hydrogen-bond donors (Lipinski definition) is 2. The molecule has 0 unspecified atom stereocenters. The fraction of sp³-hybridized carbons (Fsp3) is 0.350. The fourth-order valence-corrected chi connectivity index (χ4v) is 4.65. The first-order valence-corrected chi connectivity index (χ1v) is 9.52. The largest absolute Gasteiger partial charge is 0.492 e. The smallest absolute Gasteiger partial charge is 0.405 e. The van der Waals surface area contributed by atoms with Crippen LogP contribution in [0.5, 0.6) is 5.75 Å². The minimum atomic E-state index is -0.983. The Bertz CT molecular complexity index is 1040. The summed E-state index contributed by atoms with van der Waals surface area (Å²) < 4.78 is 7.41. The lowest BCUT2D eigenvalue weighted by atomic mass is 9.39. The van der Waals surface area contributed by atoms with Crippen LogP contribution in [0, 0.1) is 0 Å². The molecule has 9 nitrogen and oxygen atoms in total. The first-order chi connectivity index (χ1) is 14.0. The van der Waals surface area contributed by atoms with Gasteiger partial charge in [-0.25, -0.2) is 14.8 Å². The quantitative estimate of drug-likeness (QED) is 0.662. The Morgan fingerprint density at radius 1 is 1.21 bits per heavy atom. The van der Waals surface area contributed by atoms with Gasteiger partial charge in [0.25, 0.3) is 0 Å². The minimum absolute atomic E-state index is 0.184. The van der Waals surface area contributed by atoms with E-state index >= 15 is 0 Å². The Morgan fingerprint density at radius 3 is 2.66 bits per heavy atom. The molecule has 1 amide bonds. The number of amides is 1. The molecule has 2 N–H and O–H groups in total. The Labute approximate surface area is 166 Å². The summed E-state index contributed by atoms with van der Waals surface area (Å²) in [6, 6.07) is 9.39. The van der Waals surface area contributed by atoms with Crippen molar-refractivity contribution in [2.75, 3.05) is 6.61 Å². The molecule has 0 saturated heterocycles. The predicted octanol–water partition coefficient (Wildman–Crippen LogP) is 2.56. The Morgan fingerprint density at radius 2 is 2.03 bits per heavy atom. The highest BCUT2D eigenvalue weighted by atomic mass is 16.5. The molecule has 0 radical (unpaired) electrons. The summed E-state index contributed by atoms with van der Waals surface area (Å²) in [7, 11) is 0. The highest BCUT2D eigenvalue weighted by Gasteiger charge is 2.71. The molecule has 3 aromatic heterocycles. The number of rotatable bonds is 6. The molecule has 9 heteroatoms. The van der Waals surface area contributed by atoms with E-state index in [0.717, 1.165) is 5.82 Å². The number of carbonyl (C=O) groups is 1. The van der Waals surface area contributed by atoms with Crippen molar-refractivity contribution in [3.63, 3.8) is 0 Å². The van der Waals surface area contributed by atoms with Crippen molar-refractivity contribution in [2.45, 2.75) is 37.1 Å². The van der Waals surface area contributed by atoms with Crippen LogP contribution in [-0.4, -0.2) is 48.1 Å². The zero-order valence-corrected chi connectivity index (χ0v) is 15.9. The number of hydrogen-bond acceptors (Lipinski definition) is 6. The summed E-state index contributed by atoms with van der Waals surface area (Å²) in [6.07, 6.45) is 4.56. The van der Waals surface area contributed by atoms with E-state index in [9.17, 15) is 4.79 Å². The molecule has 0 aliphatic heterocycles. The molecule has 6 rings (SSSR count). The van der Waals surface area contributed by atoms with Gasteiger partial charge in [0.1, 0.15) is 23.1 Å². The first kappa shape index (κ1) is 17.6. The van der Waals surface area contributed by atoms with Crippen LogP contribution in [-0.2, 0) is 5.41 Å². The lowest BCUT2D eigenvalue weighted by Gasteiger charge is -2.69. The van der Waals surface area contributed by atoms with E-state index in [1.54, 1.807) is 12.4 Å². The Hall–Kier alpha value is -3.49. The summed E-state index contributed by atoms with van der Waals surface area (Å²) in [4.78, 5) is 20.0. The van der Waals surface area contributed by atoms with E-state index in [4.69, 9.17) is 9.84 Å². The number of nitrogens with one attached hydrogen (secondary N) is 1. The maximum atomic E-state index is 11.1. The van der Waals surface area contributed by atoms with E-state index in [-0.39, 0.29) is 11.0 Å². The zero-order chi connectivity index (χ0) is 20.1. The third-order valence-corrected chi connectivity index (χ3v) is 5.69. The molecule has 3 aromatic rings. The molecular formula is C20H20N6O3. The number of carboxylic acid groups (broad SMARTS) is 1. The average molecular weight is 392 g/mol. The summed E-state index contributed by atoms with van der Waals surface area (Å²) in [5, 5.41) is 20.6. The van der Waals surface area contributed by atoms with E-state index < -0.39 is 6.09 Å². The topological polar surface area (TPSA) is 115 Å². The summed E-state index contributed by atoms with van der Waals surface area (Å²) in [5.74, 6) is 2.81. The van der Waals surface area contributed by atoms with Gasteiger partial charge in [-0.2, -0.15) is 0 Å². The Kier molecular flexibility index (Phi) is 3.80. The number of nitrogens with zero attached hydrogens (tertiary/aromatic N) is 5. The van der Waals surface area contributed by atoms with Gasteiger partial charge in [-0.1, -0.05) is 6.07 Å². The summed E-state index contributed by atoms with van der Waals surface area (Å²) in [6.45, 7) is 2.50. The minimum Gasteiger partial charge on any atom is -0.492 e. The predicted molar refractivity (Wildman–Crippen MR) is 103 cm³/mol. The molecule has 3 aliphatic rings. The second-order valence-electron chi connectivity index (χ2n) is 7.70. The molecule has 29 heavy (non-hydrogen) atoms. The van der Waals surface area contributed by atoms with Crippen molar-refractivity contribution in [1.82, 2.24) is 30.0 Å². The summed E-state index contributed by atoms with van der Waals surface area (Å²) in [5.41, 5.74) is 0.156. The van der Waals surface area contributed by atoms with Crippen molar-refractivity contribution in [3.8, 4) is 23.1 Å². The molecule has 3 aliphatic carbocycles. The number of pyridine rings is 2. The van der Waals surface area contributed by atoms with Gasteiger partial charge in [0.05, 0.1) is 12.8 Å². The lowest BCUT2D eigenvalue weighted by molar-refractivity contribution is -0.0887. The second-order valence-corrected chi connectivity index (χ2v) is 7.70. The van der Waals surface area contributed by atoms with Crippen LogP contribution in [0.4, 0.5) is 4.79 Å². The van der Waals surface area contributed by atoms with Crippen LogP contribution >= 0.6 is 0 Å². The van der Waals surface area contributed by atoms with Gasteiger partial charge in [-0.15, -0.1) is 10.2 Å². The molecule has 3 fully saturated rings. The van der Waals surface area contributed by atoms with Crippen LogP contribution < -0.4 is 10.1 Å². The lowest BCUT2D eigenvalue weighted by Crippen LogP contribution is -2.77. The first-order valence-electron chi connectivity index (χ1n) is 9.52. The average Bonchev–Trinajstić information content (AvgIpc) is 3.10. The van der Waals surface area contributed by atoms with Crippen molar-refractivity contribution in [1.29, 1.82) is 0 Å². The molecule has 3 saturated carbocycles. The van der Waals surface area contributed by atoms with Gasteiger partial charge < -0.3 is 15.2 Å². The van der Waals surface area contributed by atoms with Crippen LogP contribution in [0.2, 0.25) is 0 Å². The van der Waals surface area contributed by atoms with Crippen LogP contribution in [0.25, 0.3) is 17.3 Å². The van der Waals surface area contributed by atoms with Crippen molar-refractivity contribution in [3.05, 3.63) is 48.5 Å². The highest BCUT2D eigenvalue weighted by Crippen LogP contribution is 2.67. The van der Waals surface area contributed by atoms with Gasteiger partial charge in [0.15, 0.2) is 5.82 Å². The van der Waals surface area contributed by atoms with E-state index in [1.807, 2.05) is 41.8 Å². The van der Waals surface area contributed by atoms with Crippen LogP contribution in [0.1, 0.15) is 32.0 Å². The molecule has 0 aromatic carbocycles. The van der Waals surface area contributed by atoms with Gasteiger partial charge in [0, 0.05) is 17.2 Å². The van der Waals surface area contributed by atoms with Gasteiger partial charge in [-0.3, -0.25) is 4.57 Å². The third-order valence-electron chi connectivity index (χ3n) is 5.69. The molecule has 0 atom stereocenters. The summed E-state index contributed by atoms with van der Waals surface area (Å²) >= 11 is 0. The van der Waals surface area contributed by atoms with E-state index in [0.29, 0.717) is 49.0 Å². The Balaban J connectivity index is 1.53. The van der Waals surface area contributed by atoms with Crippen LogP contribution in [0.3, 0.4) is 0 Å². The maximum Gasteiger partial charge on any atom is 0.405 e. The van der Waals surface area contributed by atoms with Gasteiger partial charge >= 0.3 is 6.09 Å². The third kappa shape index (κ3) is 2.72. The standard InChI is InChI=1S/C20H20N6O3/c1-2-29-13-6-7-14(22-9-13)16-24-25-17(26(16)15-5-3-4-8-21-15)19-10-20(11-19,12-19)23-18(27)28/h3-9,23H,2,10-12H2,1H3,(H,27,28). The number of ether oxygens (including phenoxy) is 1. The molecular weight excluding hydrogens is 372 g/mol. The molecule has 148 valence electrons. The van der Waals surface area contributed by atoms with E-state index in [1.165, 1.54) is 0 Å². The SMILES string of the molecule is CCOc1ccc(-c2nnc(C34CC(NC(=O)O)(C3)C4)n2-c2ccccn2)nc1. The monoisotopic (exact) mass is 392 g/mol. The highest BCUT2D eigenvalue weighted by molar-refractivity contribution is 5.67. The fourth-order valence-electron chi connectivity index (χ4n) is 4.65. The molecule has 0 spiro atoms.